The number of carbonyl (C=O) groups excluding carboxylic acids is 1. The number of hydrogen-bond acceptors (Lipinski definition) is 2. The van der Waals surface area contributed by atoms with E-state index >= 15 is 0 Å². The number of hydrogen-bond donors (Lipinski definition) is 1. The van der Waals surface area contributed by atoms with Gasteiger partial charge >= 0.3 is 0 Å². The number of fused-ring (bicyclic) bond motifs is 2. The van der Waals surface area contributed by atoms with E-state index in [-0.39, 0.29) is 5.91 Å². The van der Waals surface area contributed by atoms with Crippen molar-refractivity contribution in [2.24, 2.45) is 17.8 Å². The fourth-order valence-corrected chi connectivity index (χ4v) is 4.24. The maximum atomic E-state index is 12.1. The predicted molar refractivity (Wildman–Crippen MR) is 80.4 cm³/mol. The molecule has 0 spiro atoms. The smallest absolute Gasteiger partial charge is 0.224 e. The quantitative estimate of drug-likeness (QED) is 0.835. The molecule has 2 saturated carbocycles. The van der Waals surface area contributed by atoms with Crippen LogP contribution in [-0.4, -0.2) is 12.2 Å². The van der Waals surface area contributed by atoms with Crippen molar-refractivity contribution >= 4 is 23.4 Å². The molecule has 102 valence electrons. The summed E-state index contributed by atoms with van der Waals surface area (Å²) < 4.78 is 0. The lowest BCUT2D eigenvalue weighted by molar-refractivity contribution is -0.117. The Morgan fingerprint density at radius 2 is 2.26 bits per heavy atom. The molecule has 3 heteroatoms. The summed E-state index contributed by atoms with van der Waals surface area (Å²) in [6.07, 6.45) is 8.17. The van der Waals surface area contributed by atoms with Gasteiger partial charge in [0.15, 0.2) is 0 Å². The number of rotatable bonds is 4. The zero-order chi connectivity index (χ0) is 13.2. The molecule has 0 aliphatic heterocycles. The molecule has 3 unspecified atom stereocenters. The van der Waals surface area contributed by atoms with Gasteiger partial charge in [-0.2, -0.15) is 0 Å². The van der Waals surface area contributed by atoms with E-state index in [1.165, 1.54) is 30.6 Å². The summed E-state index contributed by atoms with van der Waals surface area (Å²) in [5.74, 6) is 2.58. The van der Waals surface area contributed by atoms with Crippen LogP contribution in [-0.2, 0) is 4.79 Å². The van der Waals surface area contributed by atoms with Crippen LogP contribution in [0.5, 0.6) is 0 Å². The third-order valence-electron chi connectivity index (χ3n) is 4.69. The molecule has 2 aliphatic carbocycles. The number of anilines is 1. The molecular formula is C16H21NOS. The molecule has 3 rings (SSSR count). The zero-order valence-electron chi connectivity index (χ0n) is 11.4. The van der Waals surface area contributed by atoms with Crippen molar-refractivity contribution in [2.75, 3.05) is 11.6 Å². The molecule has 3 atom stereocenters. The third-order valence-corrected chi connectivity index (χ3v) is 5.41. The molecule has 1 N–H and O–H groups in total. The van der Waals surface area contributed by atoms with Gasteiger partial charge in [0.2, 0.25) is 5.91 Å². The standard InChI is InChI=1S/C16H21NOS/c1-19-15-4-2-3-14(10-15)17-16(18)9-13-8-11-5-6-12(13)7-11/h2-4,10-13H,5-9H2,1H3,(H,17,18). The topological polar surface area (TPSA) is 29.1 Å². The van der Waals surface area contributed by atoms with Crippen molar-refractivity contribution in [1.82, 2.24) is 0 Å². The van der Waals surface area contributed by atoms with Gasteiger partial charge in [-0.1, -0.05) is 12.5 Å². The van der Waals surface area contributed by atoms with Crippen molar-refractivity contribution in [3.63, 3.8) is 0 Å². The molecule has 19 heavy (non-hydrogen) atoms. The summed E-state index contributed by atoms with van der Waals surface area (Å²) in [7, 11) is 0. The second kappa shape index (κ2) is 5.58. The minimum Gasteiger partial charge on any atom is -0.326 e. The molecule has 0 heterocycles. The largest absolute Gasteiger partial charge is 0.326 e. The van der Waals surface area contributed by atoms with Crippen molar-refractivity contribution in [3.05, 3.63) is 24.3 Å². The van der Waals surface area contributed by atoms with E-state index in [2.05, 4.69) is 17.6 Å². The Morgan fingerprint density at radius 3 is 2.95 bits per heavy atom. The lowest BCUT2D eigenvalue weighted by Crippen LogP contribution is -2.20. The summed E-state index contributed by atoms with van der Waals surface area (Å²) in [5, 5.41) is 3.05. The SMILES string of the molecule is CSc1cccc(NC(=O)CC2CC3CCC2C3)c1. The zero-order valence-corrected chi connectivity index (χ0v) is 12.2. The molecule has 0 aromatic heterocycles. The van der Waals surface area contributed by atoms with Gasteiger partial charge in [0, 0.05) is 17.0 Å². The lowest BCUT2D eigenvalue weighted by Gasteiger charge is -2.20. The molecule has 2 nitrogen and oxygen atoms in total. The Kier molecular flexibility index (Phi) is 3.83. The monoisotopic (exact) mass is 275 g/mol. The van der Waals surface area contributed by atoms with Crippen LogP contribution >= 0.6 is 11.8 Å². The van der Waals surface area contributed by atoms with E-state index in [9.17, 15) is 4.79 Å². The van der Waals surface area contributed by atoms with E-state index in [0.29, 0.717) is 12.3 Å². The Balaban J connectivity index is 1.56. The Labute approximate surface area is 119 Å². The minimum atomic E-state index is 0.191. The molecule has 0 saturated heterocycles. The molecule has 1 aromatic rings. The second-order valence-corrected chi connectivity index (χ2v) is 6.80. The summed E-state index contributed by atoms with van der Waals surface area (Å²) in [5.41, 5.74) is 0.931. The van der Waals surface area contributed by atoms with Crippen LogP contribution in [0.25, 0.3) is 0 Å². The molecule has 1 aromatic carbocycles. The molecular weight excluding hydrogens is 254 g/mol. The van der Waals surface area contributed by atoms with Gasteiger partial charge in [-0.05, 0) is 61.5 Å². The van der Waals surface area contributed by atoms with Gasteiger partial charge < -0.3 is 5.32 Å². The Hall–Kier alpha value is -0.960. The van der Waals surface area contributed by atoms with E-state index in [4.69, 9.17) is 0 Å². The van der Waals surface area contributed by atoms with Gasteiger partial charge in [0.1, 0.15) is 0 Å². The van der Waals surface area contributed by atoms with E-state index in [0.717, 1.165) is 17.5 Å². The fraction of sp³-hybridized carbons (Fsp3) is 0.562. The normalized spacial score (nSPS) is 28.6. The first-order chi connectivity index (χ1) is 9.24. The highest BCUT2D eigenvalue weighted by molar-refractivity contribution is 7.98. The first-order valence-corrected chi connectivity index (χ1v) is 8.41. The highest BCUT2D eigenvalue weighted by Gasteiger charge is 2.40. The van der Waals surface area contributed by atoms with Gasteiger partial charge in [0.25, 0.3) is 0 Å². The van der Waals surface area contributed by atoms with Gasteiger partial charge in [-0.15, -0.1) is 11.8 Å². The third kappa shape index (κ3) is 2.97. The van der Waals surface area contributed by atoms with Crippen LogP contribution in [0.1, 0.15) is 32.1 Å². The van der Waals surface area contributed by atoms with E-state index in [1.807, 2.05) is 18.2 Å². The average molecular weight is 275 g/mol. The van der Waals surface area contributed by atoms with Crippen LogP contribution in [0.2, 0.25) is 0 Å². The molecule has 1 amide bonds. The number of thioether (sulfide) groups is 1. The Bertz CT molecular complexity index is 474. The lowest BCUT2D eigenvalue weighted by atomic mass is 9.86. The maximum absolute atomic E-state index is 12.1. The van der Waals surface area contributed by atoms with Gasteiger partial charge in [0.05, 0.1) is 0 Å². The van der Waals surface area contributed by atoms with Crippen molar-refractivity contribution in [3.8, 4) is 0 Å². The number of amides is 1. The first kappa shape index (κ1) is 13.0. The summed E-state index contributed by atoms with van der Waals surface area (Å²) >= 11 is 1.70. The fourth-order valence-electron chi connectivity index (χ4n) is 3.78. The van der Waals surface area contributed by atoms with E-state index in [1.54, 1.807) is 11.8 Å². The molecule has 2 bridgehead atoms. The van der Waals surface area contributed by atoms with Gasteiger partial charge in [-0.3, -0.25) is 4.79 Å². The highest BCUT2D eigenvalue weighted by atomic mass is 32.2. The number of carbonyl (C=O) groups is 1. The average Bonchev–Trinajstić information content (AvgIpc) is 3.01. The second-order valence-electron chi connectivity index (χ2n) is 5.92. The molecule has 0 radical (unpaired) electrons. The summed E-state index contributed by atoms with van der Waals surface area (Å²) in [6, 6.07) is 8.08. The van der Waals surface area contributed by atoms with Crippen molar-refractivity contribution < 1.29 is 4.79 Å². The first-order valence-electron chi connectivity index (χ1n) is 7.18. The van der Waals surface area contributed by atoms with Crippen LogP contribution in [0.4, 0.5) is 5.69 Å². The maximum Gasteiger partial charge on any atom is 0.224 e. The van der Waals surface area contributed by atoms with Crippen LogP contribution in [0.3, 0.4) is 0 Å². The summed E-state index contributed by atoms with van der Waals surface area (Å²) in [6.45, 7) is 0. The molecule has 2 fully saturated rings. The number of nitrogens with one attached hydrogen (secondary N) is 1. The Morgan fingerprint density at radius 1 is 1.37 bits per heavy atom. The summed E-state index contributed by atoms with van der Waals surface area (Å²) in [4.78, 5) is 13.3. The highest BCUT2D eigenvalue weighted by Crippen LogP contribution is 2.49. The number of benzene rings is 1. The van der Waals surface area contributed by atoms with Crippen molar-refractivity contribution in [2.45, 2.75) is 37.0 Å². The van der Waals surface area contributed by atoms with Gasteiger partial charge in [-0.25, -0.2) is 0 Å². The minimum absolute atomic E-state index is 0.191. The molecule has 2 aliphatic rings. The predicted octanol–water partition coefficient (Wildman–Crippen LogP) is 4.17. The van der Waals surface area contributed by atoms with Crippen molar-refractivity contribution in [1.29, 1.82) is 0 Å². The van der Waals surface area contributed by atoms with Crippen LogP contribution in [0, 0.1) is 17.8 Å². The van der Waals surface area contributed by atoms with E-state index < -0.39 is 0 Å². The van der Waals surface area contributed by atoms with Crippen LogP contribution < -0.4 is 5.32 Å². The van der Waals surface area contributed by atoms with Crippen LogP contribution in [0.15, 0.2) is 29.2 Å².